The molecule has 16 heavy (non-hydrogen) atoms. The maximum absolute atomic E-state index is 9.43. The van der Waals surface area contributed by atoms with E-state index < -0.39 is 0 Å². The predicted octanol–water partition coefficient (Wildman–Crippen LogP) is 2.95. The van der Waals surface area contributed by atoms with E-state index in [1.807, 2.05) is 0 Å². The average Bonchev–Trinajstić information content (AvgIpc) is 2.55. The van der Waals surface area contributed by atoms with Gasteiger partial charge in [0.05, 0.1) is 0 Å². The van der Waals surface area contributed by atoms with Crippen molar-refractivity contribution in [2.45, 2.75) is 64.8 Å². The van der Waals surface area contributed by atoms with Crippen molar-refractivity contribution in [2.24, 2.45) is 11.8 Å². The van der Waals surface area contributed by atoms with Gasteiger partial charge in [-0.2, -0.15) is 0 Å². The summed E-state index contributed by atoms with van der Waals surface area (Å²) in [6, 6.07) is 0.563. The van der Waals surface area contributed by atoms with Crippen molar-refractivity contribution in [1.29, 1.82) is 0 Å². The Morgan fingerprint density at radius 3 is 2.44 bits per heavy atom. The summed E-state index contributed by atoms with van der Waals surface area (Å²) in [7, 11) is 0. The molecular weight excluding hydrogens is 198 g/mol. The fraction of sp³-hybridized carbons (Fsp3) is 1.00. The summed E-state index contributed by atoms with van der Waals surface area (Å²) in [4.78, 5) is 0. The third-order valence-corrected chi connectivity index (χ3v) is 4.22. The van der Waals surface area contributed by atoms with Crippen LogP contribution in [0.2, 0.25) is 0 Å². The average molecular weight is 227 g/mol. The molecule has 1 rings (SSSR count). The van der Waals surface area contributed by atoms with Gasteiger partial charge < -0.3 is 10.4 Å². The zero-order valence-corrected chi connectivity index (χ0v) is 11.0. The molecule has 1 fully saturated rings. The molecule has 0 bridgehead atoms. The Hall–Kier alpha value is -0.0800. The molecule has 1 aliphatic rings. The van der Waals surface area contributed by atoms with E-state index in [4.69, 9.17) is 0 Å². The molecular formula is C14H29NO. The highest BCUT2D eigenvalue weighted by atomic mass is 16.3. The first kappa shape index (κ1) is 14.0. The molecule has 2 heteroatoms. The molecule has 0 radical (unpaired) electrons. The lowest BCUT2D eigenvalue weighted by atomic mass is 9.94. The van der Waals surface area contributed by atoms with Crippen molar-refractivity contribution in [2.75, 3.05) is 13.2 Å². The normalized spacial score (nSPS) is 27.0. The van der Waals surface area contributed by atoms with Crippen molar-refractivity contribution in [3.63, 3.8) is 0 Å². The fourth-order valence-electron chi connectivity index (χ4n) is 2.77. The number of aliphatic hydroxyl groups is 1. The number of hydrogen-bond donors (Lipinski definition) is 2. The predicted molar refractivity (Wildman–Crippen MR) is 69.5 cm³/mol. The molecule has 0 heterocycles. The first-order chi connectivity index (χ1) is 7.81. The van der Waals surface area contributed by atoms with Crippen molar-refractivity contribution < 1.29 is 5.11 Å². The summed E-state index contributed by atoms with van der Waals surface area (Å²) in [6.07, 6.45) is 8.97. The van der Waals surface area contributed by atoms with Crippen molar-refractivity contribution in [3.8, 4) is 0 Å². The quantitative estimate of drug-likeness (QED) is 0.684. The lowest BCUT2D eigenvalue weighted by molar-refractivity contribution is 0.178. The highest BCUT2D eigenvalue weighted by Crippen LogP contribution is 2.23. The van der Waals surface area contributed by atoms with Crippen LogP contribution >= 0.6 is 0 Å². The van der Waals surface area contributed by atoms with Gasteiger partial charge in [-0.1, -0.05) is 46.0 Å². The summed E-state index contributed by atoms with van der Waals surface area (Å²) in [5.41, 5.74) is 0. The molecule has 0 spiro atoms. The van der Waals surface area contributed by atoms with Crippen molar-refractivity contribution in [1.82, 2.24) is 5.32 Å². The Labute approximate surface area is 101 Å². The second kappa shape index (κ2) is 8.08. The summed E-state index contributed by atoms with van der Waals surface area (Å²) >= 11 is 0. The SMILES string of the molecule is CCC(CC)CNC1CCCCCC1CO. The molecule has 0 aromatic carbocycles. The van der Waals surface area contributed by atoms with Crippen LogP contribution in [0.25, 0.3) is 0 Å². The van der Waals surface area contributed by atoms with Gasteiger partial charge in [0.1, 0.15) is 0 Å². The molecule has 2 atom stereocenters. The number of hydrogen-bond acceptors (Lipinski definition) is 2. The molecule has 0 aliphatic heterocycles. The first-order valence-corrected chi connectivity index (χ1v) is 7.16. The van der Waals surface area contributed by atoms with Gasteiger partial charge in [0, 0.05) is 12.6 Å². The number of rotatable bonds is 6. The summed E-state index contributed by atoms with van der Waals surface area (Å²) in [5.74, 6) is 1.31. The largest absolute Gasteiger partial charge is 0.396 e. The van der Waals surface area contributed by atoms with Gasteiger partial charge in [0.15, 0.2) is 0 Å². The van der Waals surface area contributed by atoms with E-state index >= 15 is 0 Å². The van der Waals surface area contributed by atoms with E-state index in [1.54, 1.807) is 0 Å². The van der Waals surface area contributed by atoms with Gasteiger partial charge >= 0.3 is 0 Å². The van der Waals surface area contributed by atoms with Crippen LogP contribution in [0.5, 0.6) is 0 Å². The Morgan fingerprint density at radius 1 is 1.12 bits per heavy atom. The lowest BCUT2D eigenvalue weighted by Crippen LogP contribution is -2.39. The topological polar surface area (TPSA) is 32.3 Å². The molecule has 0 amide bonds. The maximum atomic E-state index is 9.43. The highest BCUT2D eigenvalue weighted by Gasteiger charge is 2.22. The molecule has 0 aromatic rings. The zero-order chi connectivity index (χ0) is 11.8. The molecule has 2 N–H and O–H groups in total. The third-order valence-electron chi connectivity index (χ3n) is 4.22. The monoisotopic (exact) mass is 227 g/mol. The third kappa shape index (κ3) is 4.42. The van der Waals surface area contributed by atoms with Crippen LogP contribution in [-0.4, -0.2) is 24.3 Å². The van der Waals surface area contributed by atoms with Crippen LogP contribution in [0.4, 0.5) is 0 Å². The van der Waals surface area contributed by atoms with E-state index in [0.717, 1.165) is 12.5 Å². The number of nitrogens with one attached hydrogen (secondary N) is 1. The van der Waals surface area contributed by atoms with Gasteiger partial charge in [-0.3, -0.25) is 0 Å². The Morgan fingerprint density at radius 2 is 1.81 bits per heavy atom. The molecule has 1 aliphatic carbocycles. The Bertz CT molecular complexity index is 168. The molecule has 0 aromatic heterocycles. The van der Waals surface area contributed by atoms with Crippen LogP contribution < -0.4 is 5.32 Å². The minimum Gasteiger partial charge on any atom is -0.396 e. The van der Waals surface area contributed by atoms with Crippen LogP contribution in [0, 0.1) is 11.8 Å². The molecule has 2 nitrogen and oxygen atoms in total. The summed E-state index contributed by atoms with van der Waals surface area (Å²) in [6.45, 7) is 6.04. The van der Waals surface area contributed by atoms with Crippen molar-refractivity contribution in [3.05, 3.63) is 0 Å². The molecule has 0 saturated heterocycles. The number of aliphatic hydroxyl groups excluding tert-OH is 1. The maximum Gasteiger partial charge on any atom is 0.0474 e. The Balaban J connectivity index is 2.36. The van der Waals surface area contributed by atoms with E-state index in [0.29, 0.717) is 18.6 Å². The van der Waals surface area contributed by atoms with Gasteiger partial charge in [-0.15, -0.1) is 0 Å². The van der Waals surface area contributed by atoms with E-state index in [-0.39, 0.29) is 0 Å². The van der Waals surface area contributed by atoms with Crippen LogP contribution in [-0.2, 0) is 0 Å². The van der Waals surface area contributed by atoms with Crippen LogP contribution in [0.15, 0.2) is 0 Å². The molecule has 96 valence electrons. The minimum absolute atomic E-state index is 0.362. The summed E-state index contributed by atoms with van der Waals surface area (Å²) < 4.78 is 0. The van der Waals surface area contributed by atoms with Gasteiger partial charge in [-0.05, 0) is 31.2 Å². The van der Waals surface area contributed by atoms with Crippen molar-refractivity contribution >= 4 is 0 Å². The second-order valence-electron chi connectivity index (χ2n) is 5.28. The van der Waals surface area contributed by atoms with E-state index in [1.165, 1.54) is 44.9 Å². The van der Waals surface area contributed by atoms with Crippen LogP contribution in [0.1, 0.15) is 58.8 Å². The first-order valence-electron chi connectivity index (χ1n) is 7.16. The van der Waals surface area contributed by atoms with E-state index in [2.05, 4.69) is 19.2 Å². The fourth-order valence-corrected chi connectivity index (χ4v) is 2.77. The molecule has 2 unspecified atom stereocenters. The highest BCUT2D eigenvalue weighted by molar-refractivity contribution is 4.79. The Kier molecular flexibility index (Phi) is 7.06. The summed E-state index contributed by atoms with van der Waals surface area (Å²) in [5, 5.41) is 13.1. The standard InChI is InChI=1S/C14H29NO/c1-3-12(4-2)10-15-14-9-7-5-6-8-13(14)11-16/h12-16H,3-11H2,1-2H3. The zero-order valence-electron chi connectivity index (χ0n) is 11.0. The minimum atomic E-state index is 0.362. The van der Waals surface area contributed by atoms with Gasteiger partial charge in [0.2, 0.25) is 0 Å². The van der Waals surface area contributed by atoms with Gasteiger partial charge in [-0.25, -0.2) is 0 Å². The van der Waals surface area contributed by atoms with Gasteiger partial charge in [0.25, 0.3) is 0 Å². The van der Waals surface area contributed by atoms with Crippen LogP contribution in [0.3, 0.4) is 0 Å². The smallest absolute Gasteiger partial charge is 0.0474 e. The lowest BCUT2D eigenvalue weighted by Gasteiger charge is -2.26. The molecule has 1 saturated carbocycles. The second-order valence-corrected chi connectivity index (χ2v) is 5.28. The van der Waals surface area contributed by atoms with E-state index in [9.17, 15) is 5.11 Å².